The van der Waals surface area contributed by atoms with E-state index in [1.807, 2.05) is 24.3 Å². The molecular formula is C20H26O4S3. The Morgan fingerprint density at radius 1 is 1.00 bits per heavy atom. The van der Waals surface area contributed by atoms with E-state index in [0.29, 0.717) is 0 Å². The van der Waals surface area contributed by atoms with Gasteiger partial charge < -0.3 is 10.2 Å². The summed E-state index contributed by atoms with van der Waals surface area (Å²) < 4.78 is -0.279. The second kappa shape index (κ2) is 13.4. The summed E-state index contributed by atoms with van der Waals surface area (Å²) in [4.78, 5) is 19.2. The van der Waals surface area contributed by atoms with Gasteiger partial charge in [-0.3, -0.25) is 0 Å². The molecule has 0 saturated carbocycles. The molecule has 2 rings (SSSR count). The summed E-state index contributed by atoms with van der Waals surface area (Å²) in [6.07, 6.45) is 7.15. The first kappa shape index (κ1) is 27.4. The van der Waals surface area contributed by atoms with Crippen molar-refractivity contribution < 1.29 is 19.8 Å². The predicted octanol–water partition coefficient (Wildman–Crippen LogP) is 4.99. The topological polar surface area (TPSA) is 74.6 Å². The Bertz CT molecular complexity index is 672. The van der Waals surface area contributed by atoms with Crippen LogP contribution in [-0.2, 0) is 9.59 Å². The summed E-state index contributed by atoms with van der Waals surface area (Å²) in [6.45, 7) is 9.20. The smallest absolute Gasteiger partial charge is 0.330 e. The average molecular weight is 427 g/mol. The van der Waals surface area contributed by atoms with Crippen LogP contribution in [0.25, 0.3) is 5.57 Å². The first-order chi connectivity index (χ1) is 12.0. The molecule has 0 saturated heterocycles. The third-order valence-electron chi connectivity index (χ3n) is 2.99. The molecule has 148 valence electrons. The second-order valence-electron chi connectivity index (χ2n) is 5.61. The molecule has 0 fully saturated rings. The van der Waals surface area contributed by atoms with E-state index in [9.17, 15) is 9.59 Å². The fraction of sp³-hybridized carbons (Fsp3) is 0.200. The quantitative estimate of drug-likeness (QED) is 0.312. The standard InChI is InChI=1S/C12H12S2.2C4H6O2.H2S/c13-12(14)8-6-11(7-9-12)10-4-2-1-3-5-10;2*1-3(2)4(5)6;/h1-8,13-14H,9H2;2*1H2,2H3,(H,5,6);1H2. The SMILES string of the molecule is C=C(C)C(=O)O.C=C(C)C(=O)O.S.SC1(S)C=CC(c2ccccc2)=CC1. The van der Waals surface area contributed by atoms with Gasteiger partial charge in [-0.25, -0.2) is 9.59 Å². The number of thiol groups is 2. The number of carboxylic acids is 2. The van der Waals surface area contributed by atoms with Crippen LogP contribution >= 0.6 is 38.8 Å². The Hall–Kier alpha value is -1.83. The van der Waals surface area contributed by atoms with Crippen LogP contribution in [0.15, 0.2) is 72.9 Å². The average Bonchev–Trinajstić information content (AvgIpc) is 2.56. The third kappa shape index (κ3) is 13.1. The molecule has 0 amide bonds. The molecule has 4 nitrogen and oxygen atoms in total. The maximum absolute atomic E-state index is 9.60. The van der Waals surface area contributed by atoms with Gasteiger partial charge in [0.05, 0.1) is 4.08 Å². The second-order valence-corrected chi connectivity index (χ2v) is 7.56. The zero-order valence-corrected chi connectivity index (χ0v) is 18.1. The first-order valence-electron chi connectivity index (χ1n) is 7.63. The van der Waals surface area contributed by atoms with Crippen LogP contribution in [0.4, 0.5) is 0 Å². The Morgan fingerprint density at radius 3 is 1.70 bits per heavy atom. The van der Waals surface area contributed by atoms with Crippen molar-refractivity contribution in [2.24, 2.45) is 0 Å². The molecule has 0 atom stereocenters. The minimum Gasteiger partial charge on any atom is -0.478 e. The normalized spacial score (nSPS) is 13.3. The van der Waals surface area contributed by atoms with Crippen LogP contribution in [0.2, 0.25) is 0 Å². The van der Waals surface area contributed by atoms with Gasteiger partial charge in [-0.2, -0.15) is 38.8 Å². The largest absolute Gasteiger partial charge is 0.478 e. The molecule has 0 radical (unpaired) electrons. The highest BCUT2D eigenvalue weighted by molar-refractivity contribution is 8.00. The molecule has 0 unspecified atom stereocenters. The van der Waals surface area contributed by atoms with Crippen LogP contribution in [0.5, 0.6) is 0 Å². The van der Waals surface area contributed by atoms with E-state index in [-0.39, 0.29) is 28.7 Å². The lowest BCUT2D eigenvalue weighted by molar-refractivity contribution is -0.133. The summed E-state index contributed by atoms with van der Waals surface area (Å²) in [5.41, 5.74) is 2.86. The van der Waals surface area contributed by atoms with Crippen LogP contribution < -0.4 is 0 Å². The van der Waals surface area contributed by atoms with Crippen molar-refractivity contribution in [1.82, 2.24) is 0 Å². The number of carbonyl (C=O) groups is 2. The Morgan fingerprint density at radius 2 is 1.41 bits per heavy atom. The molecule has 1 aromatic carbocycles. The zero-order valence-electron chi connectivity index (χ0n) is 15.3. The Kier molecular flexibility index (Phi) is 13.5. The summed E-state index contributed by atoms with van der Waals surface area (Å²) in [6, 6.07) is 10.3. The summed E-state index contributed by atoms with van der Waals surface area (Å²) >= 11 is 8.81. The first-order valence-corrected chi connectivity index (χ1v) is 8.53. The lowest BCUT2D eigenvalue weighted by atomic mass is 9.99. The Labute approximate surface area is 178 Å². The molecule has 1 aliphatic rings. The van der Waals surface area contributed by atoms with Gasteiger partial charge in [0.1, 0.15) is 0 Å². The summed E-state index contributed by atoms with van der Waals surface area (Å²) in [7, 11) is 0. The van der Waals surface area contributed by atoms with E-state index in [4.69, 9.17) is 10.2 Å². The van der Waals surface area contributed by atoms with Crippen molar-refractivity contribution in [2.45, 2.75) is 24.3 Å². The van der Waals surface area contributed by atoms with Gasteiger partial charge in [0.2, 0.25) is 0 Å². The molecule has 0 aromatic heterocycles. The van der Waals surface area contributed by atoms with Crippen LogP contribution in [-0.4, -0.2) is 26.2 Å². The lowest BCUT2D eigenvalue weighted by Crippen LogP contribution is -2.10. The highest BCUT2D eigenvalue weighted by atomic mass is 32.2. The molecule has 1 aliphatic carbocycles. The molecular weight excluding hydrogens is 400 g/mol. The number of rotatable bonds is 3. The van der Waals surface area contributed by atoms with E-state index in [2.05, 4.69) is 62.7 Å². The van der Waals surface area contributed by atoms with Gasteiger partial charge >= 0.3 is 11.9 Å². The van der Waals surface area contributed by atoms with Crippen molar-refractivity contribution in [1.29, 1.82) is 0 Å². The minimum absolute atomic E-state index is 0. The van der Waals surface area contributed by atoms with Gasteiger partial charge in [0, 0.05) is 11.1 Å². The number of hydrogen-bond acceptors (Lipinski definition) is 4. The Balaban J connectivity index is 0. The monoisotopic (exact) mass is 426 g/mol. The maximum Gasteiger partial charge on any atom is 0.330 e. The molecule has 1 aromatic rings. The van der Waals surface area contributed by atoms with E-state index >= 15 is 0 Å². The molecule has 0 heterocycles. The van der Waals surface area contributed by atoms with Gasteiger partial charge in [-0.05, 0) is 31.4 Å². The summed E-state index contributed by atoms with van der Waals surface area (Å²) in [5, 5.41) is 15.8. The molecule has 7 heteroatoms. The van der Waals surface area contributed by atoms with Crippen LogP contribution in [0.1, 0.15) is 25.8 Å². The van der Waals surface area contributed by atoms with Crippen molar-refractivity contribution in [2.75, 3.05) is 0 Å². The van der Waals surface area contributed by atoms with Gasteiger partial charge in [-0.15, -0.1) is 0 Å². The number of benzene rings is 1. The fourth-order valence-electron chi connectivity index (χ4n) is 1.46. The molecule has 2 N–H and O–H groups in total. The fourth-order valence-corrected chi connectivity index (χ4v) is 1.80. The third-order valence-corrected chi connectivity index (χ3v) is 3.65. The van der Waals surface area contributed by atoms with E-state index in [0.717, 1.165) is 6.42 Å². The van der Waals surface area contributed by atoms with Crippen LogP contribution in [0.3, 0.4) is 0 Å². The van der Waals surface area contributed by atoms with E-state index in [1.165, 1.54) is 25.0 Å². The van der Waals surface area contributed by atoms with E-state index in [1.54, 1.807) is 0 Å². The number of hydrogen-bond donors (Lipinski definition) is 4. The maximum atomic E-state index is 9.60. The van der Waals surface area contributed by atoms with Gasteiger partial charge in [0.25, 0.3) is 0 Å². The number of aliphatic carboxylic acids is 2. The summed E-state index contributed by atoms with van der Waals surface area (Å²) in [5.74, 6) is -1.87. The van der Waals surface area contributed by atoms with Crippen molar-refractivity contribution in [3.8, 4) is 0 Å². The predicted molar refractivity (Wildman–Crippen MR) is 124 cm³/mol. The van der Waals surface area contributed by atoms with Crippen LogP contribution in [0, 0.1) is 0 Å². The molecule has 0 bridgehead atoms. The van der Waals surface area contributed by atoms with Crippen molar-refractivity contribution in [3.63, 3.8) is 0 Å². The van der Waals surface area contributed by atoms with Crippen molar-refractivity contribution in [3.05, 3.63) is 78.4 Å². The number of carboxylic acid groups (broad SMARTS) is 2. The highest BCUT2D eigenvalue weighted by Gasteiger charge is 2.18. The molecule has 0 aliphatic heterocycles. The minimum atomic E-state index is -0.935. The van der Waals surface area contributed by atoms with Gasteiger partial charge in [0.15, 0.2) is 0 Å². The lowest BCUT2D eigenvalue weighted by Gasteiger charge is -2.20. The van der Waals surface area contributed by atoms with E-state index < -0.39 is 11.9 Å². The highest BCUT2D eigenvalue weighted by Crippen LogP contribution is 2.33. The molecule has 0 spiro atoms. The van der Waals surface area contributed by atoms with Crippen molar-refractivity contribution >= 4 is 56.3 Å². The molecule has 27 heavy (non-hydrogen) atoms. The van der Waals surface area contributed by atoms with Gasteiger partial charge in [-0.1, -0.05) is 61.7 Å². The zero-order chi connectivity index (χ0) is 20.3. The number of allylic oxidation sites excluding steroid dienone is 3.